The molecule has 1 aliphatic heterocycles. The van der Waals surface area contributed by atoms with E-state index in [0.717, 1.165) is 61.3 Å². The highest BCUT2D eigenvalue weighted by molar-refractivity contribution is 6.31. The van der Waals surface area contributed by atoms with Crippen LogP contribution in [0.4, 0.5) is 4.39 Å². The number of benzene rings is 1. The summed E-state index contributed by atoms with van der Waals surface area (Å²) in [5, 5.41) is 0.375. The van der Waals surface area contributed by atoms with Gasteiger partial charge in [-0.05, 0) is 99.5 Å². The lowest BCUT2D eigenvalue weighted by atomic mass is 9.76. The third kappa shape index (κ3) is 4.74. The first-order valence-electron chi connectivity index (χ1n) is 11.9. The highest BCUT2D eigenvalue weighted by Crippen LogP contribution is 2.43. The zero-order valence-electron chi connectivity index (χ0n) is 18.1. The van der Waals surface area contributed by atoms with Crippen molar-refractivity contribution < 1.29 is 9.13 Å². The Morgan fingerprint density at radius 3 is 2.45 bits per heavy atom. The topological polar surface area (TPSA) is 9.23 Å². The fraction of sp³-hybridized carbons (Fsp3) is 0.692. The van der Waals surface area contributed by atoms with E-state index in [9.17, 15) is 0 Å². The van der Waals surface area contributed by atoms with Crippen molar-refractivity contribution >= 4 is 17.2 Å². The average Bonchev–Trinajstić information content (AvgIpc) is 2.76. The number of allylic oxidation sites excluding steroid dienone is 2. The molecule has 2 aliphatic carbocycles. The molecule has 3 unspecified atom stereocenters. The quantitative estimate of drug-likeness (QED) is 0.479. The summed E-state index contributed by atoms with van der Waals surface area (Å²) in [6.07, 6.45) is 14.3. The lowest BCUT2D eigenvalue weighted by molar-refractivity contribution is -0.0233. The van der Waals surface area contributed by atoms with E-state index in [1.165, 1.54) is 32.1 Å². The van der Waals surface area contributed by atoms with Gasteiger partial charge in [-0.2, -0.15) is 0 Å². The average molecular weight is 419 g/mol. The second kappa shape index (κ2) is 9.52. The van der Waals surface area contributed by atoms with Gasteiger partial charge in [-0.25, -0.2) is 4.39 Å². The van der Waals surface area contributed by atoms with Gasteiger partial charge in [-0.3, -0.25) is 0 Å². The van der Waals surface area contributed by atoms with Crippen LogP contribution in [0.5, 0.6) is 0 Å². The summed E-state index contributed by atoms with van der Waals surface area (Å²) >= 11 is 6.57. The zero-order valence-corrected chi connectivity index (χ0v) is 18.8. The van der Waals surface area contributed by atoms with E-state index in [0.29, 0.717) is 28.9 Å². The maximum Gasteiger partial charge on any atom is 0.149 e. The molecule has 1 heterocycles. The standard InChI is InChI=1S/C26H36ClFO/c1-3-18-5-8-20(9-6-18)23-14-15-24(26(28)25(23)27)21-12-10-19(11-13-21)22-7-4-17(2)29-16-22/h12,14-15,17-20,22H,3-11,13,16H2,1-2H3. The Hall–Kier alpha value is -0.860. The molecular weight excluding hydrogens is 383 g/mol. The van der Waals surface area contributed by atoms with E-state index in [4.69, 9.17) is 16.3 Å². The van der Waals surface area contributed by atoms with E-state index in [-0.39, 0.29) is 5.82 Å². The van der Waals surface area contributed by atoms with Crippen LogP contribution in [-0.2, 0) is 4.74 Å². The van der Waals surface area contributed by atoms with Gasteiger partial charge >= 0.3 is 0 Å². The van der Waals surface area contributed by atoms with Crippen molar-refractivity contribution in [1.29, 1.82) is 0 Å². The van der Waals surface area contributed by atoms with Crippen molar-refractivity contribution in [2.24, 2.45) is 17.8 Å². The fourth-order valence-corrected chi connectivity index (χ4v) is 6.13. The molecule has 3 aliphatic rings. The monoisotopic (exact) mass is 418 g/mol. The van der Waals surface area contributed by atoms with Gasteiger partial charge in [-0.1, -0.05) is 43.2 Å². The predicted octanol–water partition coefficient (Wildman–Crippen LogP) is 8.16. The van der Waals surface area contributed by atoms with Crippen LogP contribution in [-0.4, -0.2) is 12.7 Å². The van der Waals surface area contributed by atoms with Gasteiger partial charge in [0.1, 0.15) is 5.82 Å². The second-order valence-electron chi connectivity index (χ2n) is 9.70. The Morgan fingerprint density at radius 2 is 1.83 bits per heavy atom. The minimum Gasteiger partial charge on any atom is -0.378 e. The summed E-state index contributed by atoms with van der Waals surface area (Å²) in [5.74, 6) is 2.41. The summed E-state index contributed by atoms with van der Waals surface area (Å²) in [6.45, 7) is 5.33. The van der Waals surface area contributed by atoms with Gasteiger partial charge in [0.2, 0.25) is 0 Å². The SMILES string of the molecule is CCC1CCC(c2ccc(C3=CCC(C4CCC(C)OC4)CC3)c(F)c2Cl)CC1. The van der Waals surface area contributed by atoms with Crippen molar-refractivity contribution in [3.8, 4) is 0 Å². The summed E-state index contributed by atoms with van der Waals surface area (Å²) < 4.78 is 21.1. The van der Waals surface area contributed by atoms with Crippen LogP contribution in [0.3, 0.4) is 0 Å². The smallest absolute Gasteiger partial charge is 0.149 e. The molecule has 0 aromatic heterocycles. The van der Waals surface area contributed by atoms with Gasteiger partial charge in [0.15, 0.2) is 0 Å². The number of hydrogen-bond donors (Lipinski definition) is 0. The third-order valence-electron chi connectivity index (χ3n) is 7.98. The molecule has 1 nitrogen and oxygen atoms in total. The maximum absolute atomic E-state index is 15.2. The molecule has 1 aromatic rings. The van der Waals surface area contributed by atoms with Crippen LogP contribution in [0.25, 0.3) is 5.57 Å². The van der Waals surface area contributed by atoms with Crippen molar-refractivity contribution in [3.05, 3.63) is 40.2 Å². The van der Waals surface area contributed by atoms with E-state index in [2.05, 4.69) is 26.0 Å². The number of rotatable bonds is 4. The van der Waals surface area contributed by atoms with Crippen LogP contribution >= 0.6 is 11.6 Å². The van der Waals surface area contributed by atoms with E-state index in [1.54, 1.807) is 0 Å². The molecule has 3 heteroatoms. The van der Waals surface area contributed by atoms with Gasteiger partial charge in [0.05, 0.1) is 17.7 Å². The minimum atomic E-state index is -0.193. The van der Waals surface area contributed by atoms with Crippen molar-refractivity contribution in [2.45, 2.75) is 90.1 Å². The Kier molecular flexibility index (Phi) is 7.02. The van der Waals surface area contributed by atoms with Gasteiger partial charge < -0.3 is 4.74 Å². The van der Waals surface area contributed by atoms with Crippen LogP contribution in [0.2, 0.25) is 5.02 Å². The van der Waals surface area contributed by atoms with E-state index in [1.807, 2.05) is 6.07 Å². The number of hydrogen-bond acceptors (Lipinski definition) is 1. The van der Waals surface area contributed by atoms with Crippen molar-refractivity contribution in [1.82, 2.24) is 0 Å². The van der Waals surface area contributed by atoms with Crippen LogP contribution in [0, 0.1) is 23.6 Å². The normalized spacial score (nSPS) is 33.4. The highest BCUT2D eigenvalue weighted by Gasteiger charge is 2.29. The highest BCUT2D eigenvalue weighted by atomic mass is 35.5. The molecule has 1 saturated carbocycles. The molecule has 160 valence electrons. The first-order chi connectivity index (χ1) is 14.1. The summed E-state index contributed by atoms with van der Waals surface area (Å²) in [4.78, 5) is 0. The molecule has 1 aromatic carbocycles. The predicted molar refractivity (Wildman–Crippen MR) is 120 cm³/mol. The largest absolute Gasteiger partial charge is 0.378 e. The van der Waals surface area contributed by atoms with E-state index >= 15 is 4.39 Å². The molecule has 3 atom stereocenters. The van der Waals surface area contributed by atoms with Gasteiger partial charge in [0.25, 0.3) is 0 Å². The zero-order chi connectivity index (χ0) is 20.4. The molecule has 0 spiro atoms. The Balaban J connectivity index is 1.43. The second-order valence-corrected chi connectivity index (χ2v) is 10.1. The summed E-state index contributed by atoms with van der Waals surface area (Å²) in [5.41, 5.74) is 2.91. The Morgan fingerprint density at radius 1 is 1.03 bits per heavy atom. The van der Waals surface area contributed by atoms with Crippen molar-refractivity contribution in [2.75, 3.05) is 6.61 Å². The van der Waals surface area contributed by atoms with Gasteiger partial charge in [0, 0.05) is 5.56 Å². The lowest BCUT2D eigenvalue weighted by Gasteiger charge is -2.34. The maximum atomic E-state index is 15.2. The van der Waals surface area contributed by atoms with Crippen LogP contribution in [0.15, 0.2) is 18.2 Å². The minimum absolute atomic E-state index is 0.193. The summed E-state index contributed by atoms with van der Waals surface area (Å²) in [7, 11) is 0. The first-order valence-corrected chi connectivity index (χ1v) is 12.2. The first kappa shape index (κ1) is 21.4. The number of halogens is 2. The van der Waals surface area contributed by atoms with E-state index < -0.39 is 0 Å². The molecule has 1 saturated heterocycles. The molecule has 0 N–H and O–H groups in total. The third-order valence-corrected chi connectivity index (χ3v) is 8.36. The molecule has 29 heavy (non-hydrogen) atoms. The molecule has 0 bridgehead atoms. The van der Waals surface area contributed by atoms with Crippen LogP contribution < -0.4 is 0 Å². The Bertz CT molecular complexity index is 726. The van der Waals surface area contributed by atoms with Gasteiger partial charge in [-0.15, -0.1) is 0 Å². The molecule has 4 rings (SSSR count). The molecule has 0 radical (unpaired) electrons. The number of ether oxygens (including phenoxy) is 1. The fourth-order valence-electron chi connectivity index (χ4n) is 5.81. The van der Waals surface area contributed by atoms with Crippen LogP contribution in [0.1, 0.15) is 95.1 Å². The molecular formula is C26H36ClFO. The molecule has 2 fully saturated rings. The lowest BCUT2D eigenvalue weighted by Crippen LogP contribution is -2.29. The molecule has 0 amide bonds. The van der Waals surface area contributed by atoms with Crippen molar-refractivity contribution in [3.63, 3.8) is 0 Å². The summed E-state index contributed by atoms with van der Waals surface area (Å²) in [6, 6.07) is 4.11. The Labute approximate surface area is 181 Å².